The summed E-state index contributed by atoms with van der Waals surface area (Å²) in [6.07, 6.45) is 1.95. The molecule has 0 atom stereocenters. The molecule has 0 aliphatic heterocycles. The molecule has 0 spiro atoms. The number of benzene rings is 1. The summed E-state index contributed by atoms with van der Waals surface area (Å²) in [7, 11) is 0. The Labute approximate surface area is 98.8 Å². The van der Waals surface area contributed by atoms with E-state index in [1.807, 2.05) is 12.1 Å². The minimum atomic E-state index is 0.517. The van der Waals surface area contributed by atoms with Crippen LogP contribution in [0.1, 0.15) is 25.0 Å². The third-order valence-corrected chi connectivity index (χ3v) is 2.81. The van der Waals surface area contributed by atoms with Gasteiger partial charge in [-0.25, -0.2) is 0 Å². The minimum Gasteiger partial charge on any atom is -0.326 e. The second-order valence-electron chi connectivity index (χ2n) is 4.28. The lowest BCUT2D eigenvalue weighted by atomic mass is 10.1. The van der Waals surface area contributed by atoms with E-state index in [0.29, 0.717) is 12.6 Å². The minimum absolute atomic E-state index is 0.517. The molecule has 0 aliphatic carbocycles. The summed E-state index contributed by atoms with van der Waals surface area (Å²) < 4.78 is 0. The highest BCUT2D eigenvalue weighted by molar-refractivity contribution is 5.26. The lowest BCUT2D eigenvalue weighted by Gasteiger charge is -2.26. The zero-order valence-electron chi connectivity index (χ0n) is 10.3. The van der Waals surface area contributed by atoms with Crippen molar-refractivity contribution in [3.8, 4) is 0 Å². The Morgan fingerprint density at radius 2 is 1.94 bits per heavy atom. The van der Waals surface area contributed by atoms with E-state index >= 15 is 0 Å². The van der Waals surface area contributed by atoms with Crippen LogP contribution in [0.25, 0.3) is 0 Å². The molecule has 0 bridgehead atoms. The number of nitrogens with two attached hydrogens (primary N) is 1. The van der Waals surface area contributed by atoms with Crippen molar-refractivity contribution in [3.05, 3.63) is 48.0 Å². The first-order valence-corrected chi connectivity index (χ1v) is 5.80. The van der Waals surface area contributed by atoms with Crippen LogP contribution in [0.4, 0.5) is 0 Å². The predicted molar refractivity (Wildman–Crippen MR) is 70.1 cm³/mol. The maximum atomic E-state index is 5.74. The summed E-state index contributed by atoms with van der Waals surface area (Å²) in [5.41, 5.74) is 8.29. The lowest BCUT2D eigenvalue weighted by molar-refractivity contribution is 0.237. The van der Waals surface area contributed by atoms with Gasteiger partial charge in [0, 0.05) is 25.7 Å². The molecular weight excluding hydrogens is 196 g/mol. The third-order valence-electron chi connectivity index (χ3n) is 2.81. The molecule has 0 radical (unpaired) electrons. The number of rotatable bonds is 6. The van der Waals surface area contributed by atoms with E-state index in [0.717, 1.165) is 13.1 Å². The van der Waals surface area contributed by atoms with Crippen molar-refractivity contribution in [2.75, 3.05) is 6.54 Å². The molecule has 0 unspecified atom stereocenters. The van der Waals surface area contributed by atoms with Gasteiger partial charge < -0.3 is 5.73 Å². The Kier molecular flexibility index (Phi) is 5.23. The molecule has 2 N–H and O–H groups in total. The highest BCUT2D eigenvalue weighted by atomic mass is 15.1. The highest BCUT2D eigenvalue weighted by Crippen LogP contribution is 2.13. The lowest BCUT2D eigenvalue weighted by Crippen LogP contribution is -2.30. The van der Waals surface area contributed by atoms with Crippen molar-refractivity contribution < 1.29 is 0 Å². The highest BCUT2D eigenvalue weighted by Gasteiger charge is 2.09. The van der Waals surface area contributed by atoms with E-state index in [-0.39, 0.29) is 0 Å². The van der Waals surface area contributed by atoms with Crippen molar-refractivity contribution in [2.45, 2.75) is 33.0 Å². The molecule has 88 valence electrons. The van der Waals surface area contributed by atoms with Gasteiger partial charge in [0.1, 0.15) is 0 Å². The van der Waals surface area contributed by atoms with Crippen LogP contribution in [0.3, 0.4) is 0 Å². The molecule has 2 nitrogen and oxygen atoms in total. The predicted octanol–water partition coefficient (Wildman–Crippen LogP) is 2.54. The van der Waals surface area contributed by atoms with Crippen LogP contribution >= 0.6 is 0 Å². The molecule has 1 aromatic carbocycles. The van der Waals surface area contributed by atoms with Crippen molar-refractivity contribution in [2.24, 2.45) is 5.73 Å². The summed E-state index contributed by atoms with van der Waals surface area (Å²) in [6.45, 7) is 10.7. The summed E-state index contributed by atoms with van der Waals surface area (Å²) in [5, 5.41) is 0. The van der Waals surface area contributed by atoms with Crippen molar-refractivity contribution in [3.63, 3.8) is 0 Å². The molecule has 0 fully saturated rings. The van der Waals surface area contributed by atoms with E-state index in [9.17, 15) is 0 Å². The Morgan fingerprint density at radius 1 is 1.31 bits per heavy atom. The van der Waals surface area contributed by atoms with Crippen LogP contribution in [0.5, 0.6) is 0 Å². The first-order chi connectivity index (χ1) is 7.69. The standard InChI is InChI=1S/C14H22N2/c1-4-9-16(12(2)3)11-14-8-6-5-7-13(14)10-15/h4-8,12H,1,9-11,15H2,2-3H3. The molecule has 0 aliphatic rings. The molecule has 0 saturated carbocycles. The molecule has 0 saturated heterocycles. The van der Waals surface area contributed by atoms with E-state index in [4.69, 9.17) is 5.73 Å². The summed E-state index contributed by atoms with van der Waals surface area (Å²) >= 11 is 0. The summed E-state index contributed by atoms with van der Waals surface area (Å²) in [5.74, 6) is 0. The van der Waals surface area contributed by atoms with Crippen LogP contribution < -0.4 is 5.73 Å². The van der Waals surface area contributed by atoms with Crippen molar-refractivity contribution in [1.82, 2.24) is 4.90 Å². The van der Waals surface area contributed by atoms with Crippen LogP contribution in [-0.4, -0.2) is 17.5 Å². The second-order valence-corrected chi connectivity index (χ2v) is 4.28. The van der Waals surface area contributed by atoms with E-state index in [1.54, 1.807) is 0 Å². The quantitative estimate of drug-likeness (QED) is 0.743. The van der Waals surface area contributed by atoms with Gasteiger partial charge in [-0.05, 0) is 25.0 Å². The Morgan fingerprint density at radius 3 is 2.44 bits per heavy atom. The topological polar surface area (TPSA) is 29.3 Å². The Balaban J connectivity index is 2.79. The second kappa shape index (κ2) is 6.46. The molecule has 2 heteroatoms. The van der Waals surface area contributed by atoms with E-state index < -0.39 is 0 Å². The Bertz CT molecular complexity index is 331. The zero-order chi connectivity index (χ0) is 12.0. The smallest absolute Gasteiger partial charge is 0.0242 e. The van der Waals surface area contributed by atoms with Gasteiger partial charge in [0.2, 0.25) is 0 Å². The summed E-state index contributed by atoms with van der Waals surface area (Å²) in [4.78, 5) is 2.38. The molecule has 0 amide bonds. The van der Waals surface area contributed by atoms with E-state index in [1.165, 1.54) is 11.1 Å². The van der Waals surface area contributed by atoms with Crippen LogP contribution in [0.15, 0.2) is 36.9 Å². The normalized spacial score (nSPS) is 11.1. The van der Waals surface area contributed by atoms with Gasteiger partial charge in [-0.15, -0.1) is 6.58 Å². The van der Waals surface area contributed by atoms with Gasteiger partial charge in [-0.1, -0.05) is 30.3 Å². The fraction of sp³-hybridized carbons (Fsp3) is 0.429. The molecule has 0 heterocycles. The fourth-order valence-electron chi connectivity index (χ4n) is 1.75. The molecule has 1 aromatic rings. The van der Waals surface area contributed by atoms with Gasteiger partial charge in [0.05, 0.1) is 0 Å². The number of hydrogen-bond acceptors (Lipinski definition) is 2. The van der Waals surface area contributed by atoms with Gasteiger partial charge in [0.15, 0.2) is 0 Å². The molecule has 16 heavy (non-hydrogen) atoms. The third kappa shape index (κ3) is 3.47. The molecule has 1 rings (SSSR count). The fourth-order valence-corrected chi connectivity index (χ4v) is 1.75. The van der Waals surface area contributed by atoms with Gasteiger partial charge in [-0.2, -0.15) is 0 Å². The van der Waals surface area contributed by atoms with E-state index in [2.05, 4.69) is 43.5 Å². The van der Waals surface area contributed by atoms with Crippen LogP contribution in [0, 0.1) is 0 Å². The number of hydrogen-bond donors (Lipinski definition) is 1. The summed E-state index contributed by atoms with van der Waals surface area (Å²) in [6, 6.07) is 8.88. The van der Waals surface area contributed by atoms with Crippen LogP contribution in [-0.2, 0) is 13.1 Å². The number of nitrogens with zero attached hydrogens (tertiary/aromatic N) is 1. The maximum Gasteiger partial charge on any atom is 0.0242 e. The average molecular weight is 218 g/mol. The average Bonchev–Trinajstić information content (AvgIpc) is 2.29. The molecular formula is C14H22N2. The maximum absolute atomic E-state index is 5.74. The largest absolute Gasteiger partial charge is 0.326 e. The molecule has 0 aromatic heterocycles. The first kappa shape index (κ1) is 12.9. The van der Waals surface area contributed by atoms with Gasteiger partial charge in [0.25, 0.3) is 0 Å². The monoisotopic (exact) mass is 218 g/mol. The van der Waals surface area contributed by atoms with Gasteiger partial charge in [-0.3, -0.25) is 4.90 Å². The van der Waals surface area contributed by atoms with Crippen molar-refractivity contribution in [1.29, 1.82) is 0 Å². The SMILES string of the molecule is C=CCN(Cc1ccccc1CN)C(C)C. The van der Waals surface area contributed by atoms with Crippen LogP contribution in [0.2, 0.25) is 0 Å². The van der Waals surface area contributed by atoms with Crippen molar-refractivity contribution >= 4 is 0 Å². The first-order valence-electron chi connectivity index (χ1n) is 5.80. The van der Waals surface area contributed by atoms with Gasteiger partial charge >= 0.3 is 0 Å². The zero-order valence-corrected chi connectivity index (χ0v) is 10.3. The Hall–Kier alpha value is -1.12.